The Bertz CT molecular complexity index is 304. The molecule has 1 saturated heterocycles. The fourth-order valence-electron chi connectivity index (χ4n) is 2.58. The Labute approximate surface area is 102 Å². The van der Waals surface area contributed by atoms with Crippen molar-refractivity contribution in [2.45, 2.75) is 44.2 Å². The van der Waals surface area contributed by atoms with Crippen molar-refractivity contribution in [2.24, 2.45) is 0 Å². The molecule has 2 nitrogen and oxygen atoms in total. The minimum Gasteiger partial charge on any atom is -0.374 e. The van der Waals surface area contributed by atoms with Crippen LogP contribution < -0.4 is 5.32 Å². The van der Waals surface area contributed by atoms with E-state index in [9.17, 15) is 0 Å². The van der Waals surface area contributed by atoms with E-state index < -0.39 is 0 Å². The van der Waals surface area contributed by atoms with Gasteiger partial charge in [-0.25, -0.2) is 0 Å². The van der Waals surface area contributed by atoms with Crippen LogP contribution in [0.1, 0.15) is 31.7 Å². The monoisotopic (exact) mass is 239 g/mol. The van der Waals surface area contributed by atoms with E-state index in [0.29, 0.717) is 6.04 Å². The molecule has 0 spiro atoms. The van der Waals surface area contributed by atoms with Gasteiger partial charge >= 0.3 is 0 Å². The van der Waals surface area contributed by atoms with Gasteiger partial charge in [0.25, 0.3) is 0 Å². The molecule has 90 valence electrons. The third-order valence-electron chi connectivity index (χ3n) is 3.64. The lowest BCUT2D eigenvalue weighted by molar-refractivity contribution is -0.0117. The molecule has 1 aliphatic rings. The summed E-state index contributed by atoms with van der Waals surface area (Å²) in [4.78, 5) is 0. The molecule has 2 rings (SSSR count). The quantitative estimate of drug-likeness (QED) is 0.853. The lowest BCUT2D eigenvalue weighted by Gasteiger charge is -2.33. The lowest BCUT2D eigenvalue weighted by atomic mass is 9.89. The van der Waals surface area contributed by atoms with Gasteiger partial charge in [0.15, 0.2) is 0 Å². The van der Waals surface area contributed by atoms with Crippen LogP contribution >= 0.6 is 11.3 Å². The van der Waals surface area contributed by atoms with Crippen LogP contribution in [-0.4, -0.2) is 25.3 Å². The van der Waals surface area contributed by atoms with Crippen molar-refractivity contribution in [1.82, 2.24) is 5.32 Å². The van der Waals surface area contributed by atoms with Gasteiger partial charge in [-0.1, -0.05) is 0 Å². The number of thiophene rings is 1. The zero-order chi connectivity index (χ0) is 11.4. The van der Waals surface area contributed by atoms with E-state index in [2.05, 4.69) is 29.1 Å². The van der Waals surface area contributed by atoms with E-state index in [-0.39, 0.29) is 5.60 Å². The van der Waals surface area contributed by atoms with Crippen LogP contribution in [0, 0.1) is 0 Å². The summed E-state index contributed by atoms with van der Waals surface area (Å²) in [6.07, 6.45) is 4.69. The van der Waals surface area contributed by atoms with Crippen molar-refractivity contribution in [1.29, 1.82) is 0 Å². The summed E-state index contributed by atoms with van der Waals surface area (Å²) in [6, 6.07) is 2.68. The topological polar surface area (TPSA) is 21.3 Å². The first-order valence-corrected chi connectivity index (χ1v) is 7.01. The summed E-state index contributed by atoms with van der Waals surface area (Å²) in [5.41, 5.74) is 1.50. The molecule has 16 heavy (non-hydrogen) atoms. The molecule has 2 heterocycles. The average molecular weight is 239 g/mol. The molecule has 0 saturated carbocycles. The molecule has 1 aromatic heterocycles. The van der Waals surface area contributed by atoms with Crippen LogP contribution in [-0.2, 0) is 11.2 Å². The first-order valence-electron chi connectivity index (χ1n) is 6.07. The number of ether oxygens (including phenoxy) is 1. The number of hydrogen-bond acceptors (Lipinski definition) is 3. The number of likely N-dealkylation sites (N-methyl/N-ethyl adjacent to an activating group) is 1. The first-order chi connectivity index (χ1) is 7.74. The Morgan fingerprint density at radius 3 is 3.06 bits per heavy atom. The number of nitrogens with one attached hydrogen (secondary N) is 1. The van der Waals surface area contributed by atoms with Crippen LogP contribution in [0.3, 0.4) is 0 Å². The highest BCUT2D eigenvalue weighted by Crippen LogP contribution is 2.30. The van der Waals surface area contributed by atoms with Crippen LogP contribution in [0.2, 0.25) is 0 Å². The van der Waals surface area contributed by atoms with Gasteiger partial charge < -0.3 is 10.1 Å². The zero-order valence-electron chi connectivity index (χ0n) is 10.2. The summed E-state index contributed by atoms with van der Waals surface area (Å²) in [5.74, 6) is 0. The Morgan fingerprint density at radius 1 is 1.62 bits per heavy atom. The van der Waals surface area contributed by atoms with Gasteiger partial charge in [0, 0.05) is 12.6 Å². The molecule has 0 aromatic carbocycles. The minimum atomic E-state index is 0.0464. The minimum absolute atomic E-state index is 0.0464. The number of aryl methyl sites for hydroxylation is 1. The van der Waals surface area contributed by atoms with E-state index in [4.69, 9.17) is 4.74 Å². The standard InChI is InChI=1S/C13H21NOS/c1-13(7-3-8-15-13)12(14-2)5-4-11-6-9-16-10-11/h6,9-10,12,14H,3-5,7-8H2,1-2H3. The van der Waals surface area contributed by atoms with E-state index in [1.54, 1.807) is 11.3 Å². The maximum Gasteiger partial charge on any atom is 0.0807 e. The Hall–Kier alpha value is -0.380. The van der Waals surface area contributed by atoms with Gasteiger partial charge in [-0.2, -0.15) is 11.3 Å². The van der Waals surface area contributed by atoms with Gasteiger partial charge in [-0.05, 0) is 62.0 Å². The Kier molecular flexibility index (Phi) is 4.00. The molecule has 0 bridgehead atoms. The summed E-state index contributed by atoms with van der Waals surface area (Å²) in [7, 11) is 2.05. The molecule has 0 radical (unpaired) electrons. The van der Waals surface area contributed by atoms with Gasteiger partial charge in [-0.3, -0.25) is 0 Å². The first kappa shape index (κ1) is 12.1. The molecule has 1 aliphatic heterocycles. The molecule has 0 aliphatic carbocycles. The van der Waals surface area contributed by atoms with E-state index >= 15 is 0 Å². The van der Waals surface area contributed by atoms with E-state index in [1.165, 1.54) is 18.4 Å². The third kappa shape index (κ3) is 2.65. The highest BCUT2D eigenvalue weighted by Gasteiger charge is 2.37. The second-order valence-electron chi connectivity index (χ2n) is 4.78. The van der Waals surface area contributed by atoms with E-state index in [0.717, 1.165) is 19.4 Å². The van der Waals surface area contributed by atoms with Gasteiger partial charge in [0.05, 0.1) is 5.60 Å². The van der Waals surface area contributed by atoms with Gasteiger partial charge in [-0.15, -0.1) is 0 Å². The second-order valence-corrected chi connectivity index (χ2v) is 5.56. The van der Waals surface area contributed by atoms with Crippen LogP contribution in [0.15, 0.2) is 16.8 Å². The maximum absolute atomic E-state index is 5.90. The predicted molar refractivity (Wildman–Crippen MR) is 69.1 cm³/mol. The molecular weight excluding hydrogens is 218 g/mol. The fraction of sp³-hybridized carbons (Fsp3) is 0.692. The zero-order valence-corrected chi connectivity index (χ0v) is 11.0. The van der Waals surface area contributed by atoms with Crippen LogP contribution in [0.4, 0.5) is 0 Å². The maximum atomic E-state index is 5.90. The van der Waals surface area contributed by atoms with Crippen molar-refractivity contribution < 1.29 is 4.74 Å². The largest absolute Gasteiger partial charge is 0.374 e. The van der Waals surface area contributed by atoms with Crippen molar-refractivity contribution >= 4 is 11.3 Å². The van der Waals surface area contributed by atoms with Crippen molar-refractivity contribution in [3.05, 3.63) is 22.4 Å². The molecule has 2 unspecified atom stereocenters. The van der Waals surface area contributed by atoms with Gasteiger partial charge in [0.2, 0.25) is 0 Å². The van der Waals surface area contributed by atoms with Crippen LogP contribution in [0.25, 0.3) is 0 Å². The highest BCUT2D eigenvalue weighted by molar-refractivity contribution is 7.07. The third-order valence-corrected chi connectivity index (χ3v) is 4.37. The smallest absolute Gasteiger partial charge is 0.0807 e. The molecule has 3 heteroatoms. The van der Waals surface area contributed by atoms with Crippen molar-refractivity contribution in [3.63, 3.8) is 0 Å². The summed E-state index contributed by atoms with van der Waals surface area (Å²) >= 11 is 1.78. The summed E-state index contributed by atoms with van der Waals surface area (Å²) < 4.78 is 5.90. The number of rotatable bonds is 5. The van der Waals surface area contributed by atoms with Crippen molar-refractivity contribution in [3.8, 4) is 0 Å². The normalized spacial score (nSPS) is 27.1. The molecular formula is C13H21NOS. The fourth-order valence-corrected chi connectivity index (χ4v) is 3.28. The molecule has 1 N–H and O–H groups in total. The Balaban J connectivity index is 1.90. The Morgan fingerprint density at radius 2 is 2.50 bits per heavy atom. The van der Waals surface area contributed by atoms with Crippen molar-refractivity contribution in [2.75, 3.05) is 13.7 Å². The molecule has 0 amide bonds. The second kappa shape index (κ2) is 5.30. The lowest BCUT2D eigenvalue weighted by Crippen LogP contribution is -2.47. The summed E-state index contributed by atoms with van der Waals surface area (Å²) in [6.45, 7) is 3.17. The summed E-state index contributed by atoms with van der Waals surface area (Å²) in [5, 5.41) is 7.82. The van der Waals surface area contributed by atoms with E-state index in [1.807, 2.05) is 7.05 Å². The SMILES string of the molecule is CNC(CCc1ccsc1)C1(C)CCCO1. The number of hydrogen-bond donors (Lipinski definition) is 1. The van der Waals surface area contributed by atoms with Crippen LogP contribution in [0.5, 0.6) is 0 Å². The highest BCUT2D eigenvalue weighted by atomic mass is 32.1. The van der Waals surface area contributed by atoms with Gasteiger partial charge in [0.1, 0.15) is 0 Å². The molecule has 2 atom stereocenters. The molecule has 1 aromatic rings. The molecule has 1 fully saturated rings. The predicted octanol–water partition coefficient (Wildman–Crippen LogP) is 2.84. The average Bonchev–Trinajstić information content (AvgIpc) is 2.91.